The van der Waals surface area contributed by atoms with Crippen molar-refractivity contribution in [2.24, 2.45) is 10.4 Å². The Bertz CT molecular complexity index is 671. The van der Waals surface area contributed by atoms with Crippen LogP contribution in [0.15, 0.2) is 29.3 Å². The molecule has 0 aromatic heterocycles. The Labute approximate surface area is 186 Å². The summed E-state index contributed by atoms with van der Waals surface area (Å²) in [5.41, 5.74) is 1.18. The summed E-state index contributed by atoms with van der Waals surface area (Å²) < 4.78 is 16.5. The summed E-state index contributed by atoms with van der Waals surface area (Å²) in [4.78, 5) is 7.32. The molecule has 0 radical (unpaired) electrons. The molecule has 0 bridgehead atoms. The van der Waals surface area contributed by atoms with Crippen LogP contribution in [0, 0.1) is 5.41 Å². The molecule has 8 heteroatoms. The number of ether oxygens (including phenoxy) is 3. The molecule has 2 fully saturated rings. The van der Waals surface area contributed by atoms with E-state index in [2.05, 4.69) is 34.6 Å². The number of aliphatic hydroxyl groups is 1. The van der Waals surface area contributed by atoms with E-state index < -0.39 is 0 Å². The smallest absolute Gasteiger partial charge is 0.191 e. The van der Waals surface area contributed by atoms with Crippen molar-refractivity contribution in [1.82, 2.24) is 15.5 Å². The minimum absolute atomic E-state index is 0.0588. The molecule has 31 heavy (non-hydrogen) atoms. The van der Waals surface area contributed by atoms with Crippen LogP contribution in [-0.2, 0) is 9.47 Å². The van der Waals surface area contributed by atoms with E-state index in [0.717, 1.165) is 70.6 Å². The number of aliphatic imine (C=N–C) groups is 1. The molecule has 0 spiro atoms. The molecule has 174 valence electrons. The second-order valence-electron chi connectivity index (χ2n) is 8.29. The highest BCUT2D eigenvalue weighted by molar-refractivity contribution is 5.79. The second-order valence-corrected chi connectivity index (χ2v) is 8.29. The fourth-order valence-electron chi connectivity index (χ4n) is 4.24. The Morgan fingerprint density at radius 3 is 2.58 bits per heavy atom. The zero-order chi connectivity index (χ0) is 21.9. The maximum absolute atomic E-state index is 9.48. The summed E-state index contributed by atoms with van der Waals surface area (Å²) >= 11 is 0. The first kappa shape index (κ1) is 23.8. The lowest BCUT2D eigenvalue weighted by molar-refractivity contribution is 0.0170. The van der Waals surface area contributed by atoms with Crippen molar-refractivity contribution in [1.29, 1.82) is 0 Å². The SMILES string of the molecule is CCNC(=NCC1(CCO)CCOC1)NCC(c1ccc(OC)cc1)N1CCOCC1. The summed E-state index contributed by atoms with van der Waals surface area (Å²) in [6.07, 6.45) is 1.66. The second kappa shape index (κ2) is 12.2. The van der Waals surface area contributed by atoms with Gasteiger partial charge in [0.1, 0.15) is 5.75 Å². The monoisotopic (exact) mass is 434 g/mol. The van der Waals surface area contributed by atoms with E-state index in [9.17, 15) is 5.11 Å². The van der Waals surface area contributed by atoms with Crippen LogP contribution in [0.5, 0.6) is 5.75 Å². The number of hydrogen-bond acceptors (Lipinski definition) is 6. The molecule has 2 aliphatic rings. The first-order valence-electron chi connectivity index (χ1n) is 11.4. The van der Waals surface area contributed by atoms with Crippen LogP contribution in [-0.4, -0.2) is 88.8 Å². The average molecular weight is 435 g/mol. The number of hydrogen-bond donors (Lipinski definition) is 3. The number of benzene rings is 1. The molecule has 3 N–H and O–H groups in total. The Morgan fingerprint density at radius 2 is 1.97 bits per heavy atom. The maximum atomic E-state index is 9.48. The molecular formula is C23H38N4O4. The zero-order valence-electron chi connectivity index (χ0n) is 18.9. The van der Waals surface area contributed by atoms with Gasteiger partial charge in [0, 0.05) is 44.8 Å². The number of morpholine rings is 1. The standard InChI is InChI=1S/C23H38N4O4/c1-3-24-22(26-17-23(8-12-28)9-13-31-18-23)25-16-21(27-10-14-30-15-11-27)19-4-6-20(29-2)7-5-19/h4-7,21,28H,3,8-18H2,1-2H3,(H2,24,25,26). The van der Waals surface area contributed by atoms with E-state index in [0.29, 0.717) is 13.2 Å². The highest BCUT2D eigenvalue weighted by Gasteiger charge is 2.34. The molecule has 8 nitrogen and oxygen atoms in total. The van der Waals surface area contributed by atoms with Gasteiger partial charge in [0.15, 0.2) is 5.96 Å². The Hall–Kier alpha value is -1.87. The van der Waals surface area contributed by atoms with Crippen molar-refractivity contribution in [3.05, 3.63) is 29.8 Å². The fourth-order valence-corrected chi connectivity index (χ4v) is 4.24. The van der Waals surface area contributed by atoms with Crippen LogP contribution in [0.4, 0.5) is 0 Å². The molecule has 0 amide bonds. The van der Waals surface area contributed by atoms with Crippen molar-refractivity contribution in [3.63, 3.8) is 0 Å². The van der Waals surface area contributed by atoms with Crippen LogP contribution in [0.25, 0.3) is 0 Å². The summed E-state index contributed by atoms with van der Waals surface area (Å²) in [6, 6.07) is 8.51. The highest BCUT2D eigenvalue weighted by Crippen LogP contribution is 2.32. The van der Waals surface area contributed by atoms with Gasteiger partial charge >= 0.3 is 0 Å². The van der Waals surface area contributed by atoms with E-state index in [4.69, 9.17) is 19.2 Å². The number of aliphatic hydroxyl groups excluding tert-OH is 1. The number of guanidine groups is 1. The molecule has 0 aliphatic carbocycles. The molecule has 2 unspecified atom stereocenters. The minimum Gasteiger partial charge on any atom is -0.497 e. The zero-order valence-corrected chi connectivity index (χ0v) is 18.9. The van der Waals surface area contributed by atoms with E-state index in [1.807, 2.05) is 12.1 Å². The quantitative estimate of drug-likeness (QED) is 0.379. The van der Waals surface area contributed by atoms with Crippen LogP contribution in [0.1, 0.15) is 31.4 Å². The number of methoxy groups -OCH3 is 1. The van der Waals surface area contributed by atoms with Crippen molar-refractivity contribution < 1.29 is 19.3 Å². The molecule has 3 rings (SSSR count). The van der Waals surface area contributed by atoms with Crippen LogP contribution in [0.2, 0.25) is 0 Å². The first-order valence-corrected chi connectivity index (χ1v) is 11.4. The Balaban J connectivity index is 1.70. The summed E-state index contributed by atoms with van der Waals surface area (Å²) in [7, 11) is 1.69. The topological polar surface area (TPSA) is 87.6 Å². The lowest BCUT2D eigenvalue weighted by atomic mass is 9.84. The van der Waals surface area contributed by atoms with E-state index in [-0.39, 0.29) is 18.1 Å². The minimum atomic E-state index is -0.0588. The summed E-state index contributed by atoms with van der Waals surface area (Å²) in [5, 5.41) is 16.4. The van der Waals surface area contributed by atoms with Crippen LogP contribution >= 0.6 is 0 Å². The van der Waals surface area contributed by atoms with Crippen molar-refractivity contribution in [2.45, 2.75) is 25.8 Å². The van der Waals surface area contributed by atoms with Crippen molar-refractivity contribution in [2.75, 3.05) is 72.9 Å². The van der Waals surface area contributed by atoms with Gasteiger partial charge in [-0.25, -0.2) is 0 Å². The van der Waals surface area contributed by atoms with Gasteiger partial charge in [-0.2, -0.15) is 0 Å². The molecule has 0 saturated carbocycles. The van der Waals surface area contributed by atoms with Gasteiger partial charge in [-0.15, -0.1) is 0 Å². The lowest BCUT2D eigenvalue weighted by Gasteiger charge is -2.35. The van der Waals surface area contributed by atoms with Gasteiger partial charge in [0.05, 0.1) is 39.5 Å². The Morgan fingerprint density at radius 1 is 1.19 bits per heavy atom. The van der Waals surface area contributed by atoms with E-state index >= 15 is 0 Å². The largest absolute Gasteiger partial charge is 0.497 e. The van der Waals surface area contributed by atoms with Gasteiger partial charge in [-0.05, 0) is 37.5 Å². The van der Waals surface area contributed by atoms with Crippen LogP contribution in [0.3, 0.4) is 0 Å². The summed E-state index contributed by atoms with van der Waals surface area (Å²) in [6.45, 7) is 9.15. The number of rotatable bonds is 10. The normalized spacial score (nSPS) is 23.5. The van der Waals surface area contributed by atoms with E-state index in [1.165, 1.54) is 5.56 Å². The fraction of sp³-hybridized carbons (Fsp3) is 0.696. The summed E-state index contributed by atoms with van der Waals surface area (Å²) in [5.74, 6) is 1.67. The third kappa shape index (κ3) is 6.80. The number of nitrogens with zero attached hydrogens (tertiary/aromatic N) is 2. The maximum Gasteiger partial charge on any atom is 0.191 e. The van der Waals surface area contributed by atoms with E-state index in [1.54, 1.807) is 7.11 Å². The predicted octanol–water partition coefficient (Wildman–Crippen LogP) is 1.41. The molecule has 2 heterocycles. The average Bonchev–Trinajstić information content (AvgIpc) is 3.27. The molecule has 1 aromatic rings. The van der Waals surface area contributed by atoms with Gasteiger partial charge in [0.2, 0.25) is 0 Å². The van der Waals surface area contributed by atoms with Gasteiger partial charge in [-0.3, -0.25) is 9.89 Å². The van der Waals surface area contributed by atoms with Gasteiger partial charge in [0.25, 0.3) is 0 Å². The lowest BCUT2D eigenvalue weighted by Crippen LogP contribution is -2.46. The Kier molecular flexibility index (Phi) is 9.39. The molecule has 1 aromatic carbocycles. The molecule has 2 atom stereocenters. The van der Waals surface area contributed by atoms with Gasteiger partial charge in [-0.1, -0.05) is 12.1 Å². The van der Waals surface area contributed by atoms with Crippen molar-refractivity contribution >= 4 is 5.96 Å². The number of nitrogens with one attached hydrogen (secondary N) is 2. The first-order chi connectivity index (χ1) is 15.2. The van der Waals surface area contributed by atoms with Crippen molar-refractivity contribution in [3.8, 4) is 5.75 Å². The molecular weight excluding hydrogens is 396 g/mol. The van der Waals surface area contributed by atoms with Gasteiger partial charge < -0.3 is 30.0 Å². The third-order valence-electron chi connectivity index (χ3n) is 6.19. The predicted molar refractivity (Wildman–Crippen MR) is 122 cm³/mol. The highest BCUT2D eigenvalue weighted by atomic mass is 16.5. The molecule has 2 saturated heterocycles. The third-order valence-corrected chi connectivity index (χ3v) is 6.19. The molecule has 2 aliphatic heterocycles. The van der Waals surface area contributed by atoms with Crippen LogP contribution < -0.4 is 15.4 Å².